The van der Waals surface area contributed by atoms with Crippen LogP contribution >= 0.6 is 0 Å². The zero-order chi connectivity index (χ0) is 30.1. The fraction of sp³-hybridized carbons (Fsp3) is 0.375. The first-order chi connectivity index (χ1) is 20.9. The number of likely N-dealkylation sites (tertiary alicyclic amines) is 1. The number of ether oxygens (including phenoxy) is 1. The monoisotopic (exact) mass is 578 g/mol. The van der Waals surface area contributed by atoms with E-state index in [9.17, 15) is 14.9 Å². The molecule has 0 unspecified atom stereocenters. The number of aromatic nitrogens is 4. The highest BCUT2D eigenvalue weighted by atomic mass is 16.5. The lowest BCUT2D eigenvalue weighted by molar-refractivity contribution is -0.128. The zero-order valence-electron chi connectivity index (χ0n) is 24.4. The molecule has 2 aromatic heterocycles. The van der Waals surface area contributed by atoms with Gasteiger partial charge in [0.05, 0.1) is 24.2 Å². The van der Waals surface area contributed by atoms with Gasteiger partial charge in [0.2, 0.25) is 5.91 Å². The molecule has 2 saturated heterocycles. The fourth-order valence-electron chi connectivity index (χ4n) is 6.21. The molecule has 0 saturated carbocycles. The molecule has 1 amide bonds. The van der Waals surface area contributed by atoms with E-state index < -0.39 is 0 Å². The second-order valence-corrected chi connectivity index (χ2v) is 11.1. The van der Waals surface area contributed by atoms with Gasteiger partial charge in [-0.25, -0.2) is 4.98 Å². The number of nitriles is 1. The van der Waals surface area contributed by atoms with Gasteiger partial charge in [0.1, 0.15) is 17.9 Å². The van der Waals surface area contributed by atoms with Crippen LogP contribution in [0.3, 0.4) is 0 Å². The van der Waals surface area contributed by atoms with Crippen LogP contribution in [-0.4, -0.2) is 87.1 Å². The molecule has 11 nitrogen and oxygen atoms in total. The first-order valence-corrected chi connectivity index (χ1v) is 14.6. The summed E-state index contributed by atoms with van der Waals surface area (Å²) in [5.41, 5.74) is 0.915. The highest BCUT2D eigenvalue weighted by Gasteiger charge is 2.32. The molecule has 2 aliphatic rings. The average Bonchev–Trinajstić information content (AvgIpc) is 3.44. The van der Waals surface area contributed by atoms with Gasteiger partial charge in [0.25, 0.3) is 5.56 Å². The highest BCUT2D eigenvalue weighted by Crippen LogP contribution is 2.29. The van der Waals surface area contributed by atoms with Crippen LogP contribution in [0.25, 0.3) is 27.5 Å². The summed E-state index contributed by atoms with van der Waals surface area (Å²) in [6, 6.07) is 15.9. The number of benzene rings is 2. The summed E-state index contributed by atoms with van der Waals surface area (Å²) in [6.07, 6.45) is 3.53. The maximum absolute atomic E-state index is 14.3. The molecule has 2 atom stereocenters. The smallest absolute Gasteiger partial charge is 0.319 e. The highest BCUT2D eigenvalue weighted by molar-refractivity contribution is 5.91. The minimum Gasteiger partial charge on any atom is -0.462 e. The molecule has 2 fully saturated rings. The topological polar surface area (TPSA) is 120 Å². The largest absolute Gasteiger partial charge is 0.462 e. The molecule has 2 aromatic carbocycles. The molecule has 0 spiro atoms. The van der Waals surface area contributed by atoms with E-state index in [1.54, 1.807) is 16.4 Å². The van der Waals surface area contributed by atoms with E-state index in [0.29, 0.717) is 43.4 Å². The molecule has 43 heavy (non-hydrogen) atoms. The lowest BCUT2D eigenvalue weighted by Crippen LogP contribution is -2.55. The molecule has 6 rings (SSSR count). The summed E-state index contributed by atoms with van der Waals surface area (Å²) in [5, 5.41) is 11.4. The average molecular weight is 579 g/mol. The van der Waals surface area contributed by atoms with Crippen molar-refractivity contribution in [1.82, 2.24) is 29.3 Å². The van der Waals surface area contributed by atoms with E-state index in [4.69, 9.17) is 14.7 Å². The van der Waals surface area contributed by atoms with Crippen molar-refractivity contribution in [1.29, 1.82) is 5.26 Å². The Labute approximate surface area is 249 Å². The van der Waals surface area contributed by atoms with Crippen molar-refractivity contribution in [2.24, 2.45) is 0 Å². The molecule has 0 aliphatic carbocycles. The number of carbonyl (C=O) groups is 1. The summed E-state index contributed by atoms with van der Waals surface area (Å²) in [7, 11) is 2.07. The van der Waals surface area contributed by atoms with Crippen molar-refractivity contribution in [3.05, 3.63) is 71.3 Å². The molecular formula is C32H34N8O3. The third kappa shape index (κ3) is 5.30. The van der Waals surface area contributed by atoms with Gasteiger partial charge in [0, 0.05) is 31.1 Å². The molecule has 2 aliphatic heterocycles. The summed E-state index contributed by atoms with van der Waals surface area (Å²) in [5.74, 6) is 0.733. The standard InChI is InChI=1S/C32H34N8O3/c1-4-27(41)39-18-17-38(19-23(39)14-15-33)30-28-29(35-32(36-30)43-20-24-11-8-16-37(24)3)31(42)40(21(2)34-28)26-13-7-10-22-9-5-6-12-25(22)26/h4-7,9-10,12-13,23-24H,1,8,11,14,16-20H2,2-3H3/t23-,24-/m0/s1. The van der Waals surface area contributed by atoms with E-state index in [1.807, 2.05) is 47.4 Å². The Hall–Kier alpha value is -4.82. The number of carbonyl (C=O) groups excluding carboxylic acids is 1. The number of hydrogen-bond acceptors (Lipinski definition) is 9. The van der Waals surface area contributed by atoms with Gasteiger partial charge in [-0.05, 0) is 50.9 Å². The van der Waals surface area contributed by atoms with E-state index >= 15 is 0 Å². The third-order valence-corrected chi connectivity index (χ3v) is 8.50. The number of fused-ring (bicyclic) bond motifs is 2. The Morgan fingerprint density at radius 3 is 2.67 bits per heavy atom. The number of anilines is 1. The van der Waals surface area contributed by atoms with Gasteiger partial charge < -0.3 is 19.4 Å². The second kappa shape index (κ2) is 11.8. The normalized spacial score (nSPS) is 19.1. The van der Waals surface area contributed by atoms with Gasteiger partial charge in [-0.15, -0.1) is 0 Å². The molecule has 11 heteroatoms. The maximum Gasteiger partial charge on any atom is 0.319 e. The lowest BCUT2D eigenvalue weighted by Gasteiger charge is -2.40. The van der Waals surface area contributed by atoms with E-state index in [1.165, 1.54) is 6.08 Å². The van der Waals surface area contributed by atoms with Crippen LogP contribution in [0.5, 0.6) is 6.01 Å². The Balaban J connectivity index is 1.48. The Bertz CT molecular complexity index is 1810. The van der Waals surface area contributed by atoms with Crippen molar-refractivity contribution in [3.8, 4) is 17.8 Å². The van der Waals surface area contributed by atoms with E-state index in [0.717, 1.165) is 35.8 Å². The number of piperazine rings is 1. The van der Waals surface area contributed by atoms with Crippen LogP contribution in [-0.2, 0) is 4.79 Å². The second-order valence-electron chi connectivity index (χ2n) is 11.1. The number of likely N-dealkylation sites (N-methyl/N-ethyl adjacent to an activating group) is 1. The van der Waals surface area contributed by atoms with Crippen LogP contribution in [0.15, 0.2) is 59.9 Å². The SMILES string of the molecule is C=CC(=O)N1CCN(c2nc(OC[C@@H]3CCCN3C)nc3c(=O)n(-c4cccc5ccccc45)c(C)nc23)C[C@@H]1CC#N. The maximum atomic E-state index is 14.3. The van der Waals surface area contributed by atoms with Crippen molar-refractivity contribution in [2.45, 2.75) is 38.3 Å². The minimum atomic E-state index is -0.372. The van der Waals surface area contributed by atoms with Gasteiger partial charge in [0.15, 0.2) is 11.3 Å². The summed E-state index contributed by atoms with van der Waals surface area (Å²) >= 11 is 0. The summed E-state index contributed by atoms with van der Waals surface area (Å²) in [6.45, 7) is 7.97. The van der Waals surface area contributed by atoms with Gasteiger partial charge in [-0.3, -0.25) is 14.2 Å². The number of amides is 1. The molecule has 220 valence electrons. The van der Waals surface area contributed by atoms with Crippen molar-refractivity contribution < 1.29 is 9.53 Å². The first-order valence-electron chi connectivity index (χ1n) is 14.6. The fourth-order valence-corrected chi connectivity index (χ4v) is 6.21. The van der Waals surface area contributed by atoms with Crippen molar-refractivity contribution >= 4 is 33.5 Å². The van der Waals surface area contributed by atoms with Crippen LogP contribution in [0.4, 0.5) is 5.82 Å². The summed E-state index contributed by atoms with van der Waals surface area (Å²) in [4.78, 5) is 47.0. The predicted molar refractivity (Wildman–Crippen MR) is 164 cm³/mol. The molecule has 0 bridgehead atoms. The molecule has 0 N–H and O–H groups in total. The lowest BCUT2D eigenvalue weighted by atomic mass is 10.1. The number of aryl methyl sites for hydroxylation is 1. The van der Waals surface area contributed by atoms with Crippen molar-refractivity contribution in [2.75, 3.05) is 44.7 Å². The van der Waals surface area contributed by atoms with E-state index in [2.05, 4.69) is 29.6 Å². The number of hydrogen-bond donors (Lipinski definition) is 0. The van der Waals surface area contributed by atoms with Gasteiger partial charge >= 0.3 is 6.01 Å². The van der Waals surface area contributed by atoms with Gasteiger partial charge in [-0.1, -0.05) is 43.0 Å². The number of nitrogens with zero attached hydrogens (tertiary/aromatic N) is 8. The van der Waals surface area contributed by atoms with Crippen LogP contribution < -0.4 is 15.2 Å². The minimum absolute atomic E-state index is 0.108. The predicted octanol–water partition coefficient (Wildman–Crippen LogP) is 3.23. The molecule has 4 heterocycles. The molecule has 0 radical (unpaired) electrons. The van der Waals surface area contributed by atoms with Crippen LogP contribution in [0.2, 0.25) is 0 Å². The number of rotatable bonds is 7. The first kappa shape index (κ1) is 28.3. The molecule has 4 aromatic rings. The zero-order valence-corrected chi connectivity index (χ0v) is 24.4. The summed E-state index contributed by atoms with van der Waals surface area (Å²) < 4.78 is 7.75. The third-order valence-electron chi connectivity index (χ3n) is 8.50. The van der Waals surface area contributed by atoms with Crippen LogP contribution in [0, 0.1) is 18.3 Å². The van der Waals surface area contributed by atoms with Crippen LogP contribution in [0.1, 0.15) is 25.1 Å². The van der Waals surface area contributed by atoms with E-state index in [-0.39, 0.29) is 41.5 Å². The Kier molecular flexibility index (Phi) is 7.78. The quantitative estimate of drug-likeness (QED) is 0.304. The molecular weight excluding hydrogens is 544 g/mol. The Morgan fingerprint density at radius 2 is 1.91 bits per heavy atom. The van der Waals surface area contributed by atoms with Gasteiger partial charge in [-0.2, -0.15) is 15.2 Å². The van der Waals surface area contributed by atoms with Crippen molar-refractivity contribution in [3.63, 3.8) is 0 Å². The Morgan fingerprint density at radius 1 is 1.09 bits per heavy atom.